The minimum atomic E-state index is -2.58. The Kier molecular flexibility index (Phi) is 3.32. The van der Waals surface area contributed by atoms with E-state index in [2.05, 4.69) is 0 Å². The molecule has 1 aromatic rings. The number of nitrogens with two attached hydrogens (primary N) is 1. The summed E-state index contributed by atoms with van der Waals surface area (Å²) in [6.07, 6.45) is 0.343. The molecule has 0 bridgehead atoms. The maximum atomic E-state index is 13.3. The van der Waals surface area contributed by atoms with E-state index >= 15 is 0 Å². The van der Waals surface area contributed by atoms with Crippen molar-refractivity contribution in [1.82, 2.24) is 0 Å². The summed E-state index contributed by atoms with van der Waals surface area (Å²) in [5.41, 5.74) is 6.97. The monoisotopic (exact) mass is 255 g/mol. The standard InChI is InChI=1S/C14H19F2NO/c1-10-2-3-11(12(18)8-10)13(9-17)4-6-14(15,16)7-5-13/h2-3,8,18H,4-7,9,17H2,1H3. The predicted octanol–water partition coefficient (Wildman–Crippen LogP) is 3.11. The van der Waals surface area contributed by atoms with Crippen molar-refractivity contribution in [3.63, 3.8) is 0 Å². The maximum Gasteiger partial charge on any atom is 0.248 e. The molecule has 0 aliphatic heterocycles. The van der Waals surface area contributed by atoms with E-state index in [-0.39, 0.29) is 18.6 Å². The summed E-state index contributed by atoms with van der Waals surface area (Å²) in [7, 11) is 0. The van der Waals surface area contributed by atoms with E-state index in [0.29, 0.717) is 24.9 Å². The van der Waals surface area contributed by atoms with Gasteiger partial charge in [0.1, 0.15) is 5.75 Å². The Morgan fingerprint density at radius 3 is 2.33 bits per heavy atom. The Bertz CT molecular complexity index is 435. The quantitative estimate of drug-likeness (QED) is 0.853. The van der Waals surface area contributed by atoms with Crippen LogP contribution in [0.1, 0.15) is 36.8 Å². The molecular formula is C14H19F2NO. The van der Waals surface area contributed by atoms with E-state index in [1.54, 1.807) is 6.07 Å². The lowest BCUT2D eigenvalue weighted by Crippen LogP contribution is -2.42. The first-order valence-electron chi connectivity index (χ1n) is 6.27. The van der Waals surface area contributed by atoms with Crippen LogP contribution in [0.15, 0.2) is 18.2 Å². The predicted molar refractivity (Wildman–Crippen MR) is 67.0 cm³/mol. The van der Waals surface area contributed by atoms with E-state index < -0.39 is 11.3 Å². The zero-order valence-electron chi connectivity index (χ0n) is 10.5. The number of halogens is 2. The molecule has 1 aliphatic carbocycles. The minimum Gasteiger partial charge on any atom is -0.508 e. The highest BCUT2D eigenvalue weighted by atomic mass is 19.3. The molecule has 0 unspecified atom stereocenters. The van der Waals surface area contributed by atoms with Gasteiger partial charge in [0.15, 0.2) is 0 Å². The highest BCUT2D eigenvalue weighted by molar-refractivity contribution is 5.42. The van der Waals surface area contributed by atoms with Crippen molar-refractivity contribution >= 4 is 0 Å². The van der Waals surface area contributed by atoms with Crippen molar-refractivity contribution < 1.29 is 13.9 Å². The van der Waals surface area contributed by atoms with Crippen LogP contribution in [-0.4, -0.2) is 17.6 Å². The van der Waals surface area contributed by atoms with Crippen molar-refractivity contribution in [2.24, 2.45) is 5.73 Å². The number of alkyl halides is 2. The second-order valence-corrected chi connectivity index (χ2v) is 5.36. The van der Waals surface area contributed by atoms with Crippen molar-refractivity contribution in [1.29, 1.82) is 0 Å². The summed E-state index contributed by atoms with van der Waals surface area (Å²) in [6.45, 7) is 2.17. The molecule has 0 spiro atoms. The SMILES string of the molecule is Cc1ccc(C2(CN)CCC(F)(F)CC2)c(O)c1. The van der Waals surface area contributed by atoms with Gasteiger partial charge in [0.05, 0.1) is 0 Å². The van der Waals surface area contributed by atoms with Crippen LogP contribution in [0, 0.1) is 6.92 Å². The third kappa shape index (κ3) is 2.34. The first-order chi connectivity index (χ1) is 8.38. The molecule has 0 heterocycles. The molecule has 0 atom stereocenters. The van der Waals surface area contributed by atoms with Gasteiger partial charge in [-0.3, -0.25) is 0 Å². The first kappa shape index (κ1) is 13.3. The van der Waals surface area contributed by atoms with Crippen LogP contribution in [-0.2, 0) is 5.41 Å². The third-order valence-electron chi connectivity index (χ3n) is 4.05. The van der Waals surface area contributed by atoms with Crippen LogP contribution in [0.2, 0.25) is 0 Å². The lowest BCUT2D eigenvalue weighted by atomic mass is 9.68. The minimum absolute atomic E-state index is 0.155. The molecule has 18 heavy (non-hydrogen) atoms. The molecule has 1 aliphatic rings. The Morgan fingerprint density at radius 1 is 1.22 bits per heavy atom. The fourth-order valence-corrected chi connectivity index (χ4v) is 2.77. The van der Waals surface area contributed by atoms with Gasteiger partial charge in [0.2, 0.25) is 5.92 Å². The normalized spacial score (nSPS) is 21.8. The fraction of sp³-hybridized carbons (Fsp3) is 0.571. The number of phenolic OH excluding ortho intramolecular Hbond substituents is 1. The lowest BCUT2D eigenvalue weighted by molar-refractivity contribution is -0.0511. The summed E-state index contributed by atoms with van der Waals surface area (Å²) in [5.74, 6) is -2.41. The van der Waals surface area contributed by atoms with E-state index in [1.165, 1.54) is 0 Å². The molecule has 0 saturated heterocycles. The van der Waals surface area contributed by atoms with Crippen LogP contribution in [0.25, 0.3) is 0 Å². The second-order valence-electron chi connectivity index (χ2n) is 5.36. The molecular weight excluding hydrogens is 236 g/mol. The van der Waals surface area contributed by atoms with Gasteiger partial charge >= 0.3 is 0 Å². The molecule has 3 N–H and O–H groups in total. The molecule has 0 radical (unpaired) electrons. The van der Waals surface area contributed by atoms with Gasteiger partial charge in [-0.1, -0.05) is 12.1 Å². The molecule has 1 fully saturated rings. The van der Waals surface area contributed by atoms with Crippen LogP contribution in [0.5, 0.6) is 5.75 Å². The molecule has 1 aromatic carbocycles. The zero-order valence-corrected chi connectivity index (χ0v) is 10.5. The highest BCUT2D eigenvalue weighted by Gasteiger charge is 2.44. The Hall–Kier alpha value is -1.16. The van der Waals surface area contributed by atoms with Crippen LogP contribution >= 0.6 is 0 Å². The highest BCUT2D eigenvalue weighted by Crippen LogP contribution is 2.47. The molecule has 1 saturated carbocycles. The number of rotatable bonds is 2. The van der Waals surface area contributed by atoms with Crippen LogP contribution < -0.4 is 5.73 Å². The topological polar surface area (TPSA) is 46.2 Å². The van der Waals surface area contributed by atoms with E-state index in [4.69, 9.17) is 5.73 Å². The third-order valence-corrected chi connectivity index (χ3v) is 4.05. The summed E-state index contributed by atoms with van der Waals surface area (Å²) in [4.78, 5) is 0. The van der Waals surface area contributed by atoms with Gasteiger partial charge in [0.25, 0.3) is 0 Å². The summed E-state index contributed by atoms with van der Waals surface area (Å²) >= 11 is 0. The van der Waals surface area contributed by atoms with Crippen molar-refractivity contribution in [3.05, 3.63) is 29.3 Å². The molecule has 0 aromatic heterocycles. The van der Waals surface area contributed by atoms with Gasteiger partial charge in [-0.15, -0.1) is 0 Å². The second kappa shape index (κ2) is 4.50. The van der Waals surface area contributed by atoms with E-state index in [1.807, 2.05) is 19.1 Å². The van der Waals surface area contributed by atoms with Gasteiger partial charge in [0, 0.05) is 30.4 Å². The number of aromatic hydroxyl groups is 1. The van der Waals surface area contributed by atoms with Crippen molar-refractivity contribution in [2.45, 2.75) is 43.9 Å². The van der Waals surface area contributed by atoms with Gasteiger partial charge in [-0.25, -0.2) is 8.78 Å². The van der Waals surface area contributed by atoms with Crippen LogP contribution in [0.4, 0.5) is 8.78 Å². The maximum absolute atomic E-state index is 13.3. The molecule has 4 heteroatoms. The van der Waals surface area contributed by atoms with Gasteiger partial charge in [-0.2, -0.15) is 0 Å². The Labute approximate surface area is 106 Å². The summed E-state index contributed by atoms with van der Waals surface area (Å²) in [5, 5.41) is 10.0. The molecule has 2 nitrogen and oxygen atoms in total. The average molecular weight is 255 g/mol. The van der Waals surface area contributed by atoms with E-state index in [9.17, 15) is 13.9 Å². The molecule has 100 valence electrons. The lowest BCUT2D eigenvalue weighted by Gasteiger charge is -2.40. The smallest absolute Gasteiger partial charge is 0.248 e. The van der Waals surface area contributed by atoms with Crippen LogP contribution in [0.3, 0.4) is 0 Å². The van der Waals surface area contributed by atoms with Crippen molar-refractivity contribution in [3.8, 4) is 5.75 Å². The van der Waals surface area contributed by atoms with E-state index in [0.717, 1.165) is 5.56 Å². The number of hydrogen-bond acceptors (Lipinski definition) is 2. The Morgan fingerprint density at radius 2 is 1.83 bits per heavy atom. The summed E-state index contributed by atoms with van der Waals surface area (Å²) in [6, 6.07) is 5.37. The largest absolute Gasteiger partial charge is 0.508 e. The summed E-state index contributed by atoms with van der Waals surface area (Å²) < 4.78 is 26.5. The number of aryl methyl sites for hydroxylation is 1. The van der Waals surface area contributed by atoms with Crippen molar-refractivity contribution in [2.75, 3.05) is 6.54 Å². The molecule has 0 amide bonds. The molecule has 2 rings (SSSR count). The fourth-order valence-electron chi connectivity index (χ4n) is 2.77. The van der Waals surface area contributed by atoms with Gasteiger partial charge in [-0.05, 0) is 31.4 Å². The number of phenols is 1. The number of hydrogen-bond donors (Lipinski definition) is 2. The Balaban J connectivity index is 2.33. The number of benzene rings is 1. The first-order valence-corrected chi connectivity index (χ1v) is 6.27. The van der Waals surface area contributed by atoms with Gasteiger partial charge < -0.3 is 10.8 Å². The average Bonchev–Trinajstić information content (AvgIpc) is 2.31. The zero-order chi connectivity index (χ0) is 13.4.